The van der Waals surface area contributed by atoms with Crippen molar-refractivity contribution in [2.75, 3.05) is 0 Å². The van der Waals surface area contributed by atoms with Crippen LogP contribution in [0.15, 0.2) is 53.5 Å². The van der Waals surface area contributed by atoms with Gasteiger partial charge in [0, 0.05) is 12.6 Å². The number of carbonyl (C=O) groups is 1. The van der Waals surface area contributed by atoms with Gasteiger partial charge in [0.2, 0.25) is 0 Å². The van der Waals surface area contributed by atoms with Gasteiger partial charge >= 0.3 is 0 Å². The van der Waals surface area contributed by atoms with Crippen LogP contribution in [0.1, 0.15) is 10.4 Å². The molecule has 0 atom stereocenters. The van der Waals surface area contributed by atoms with Gasteiger partial charge in [-0.15, -0.1) is 0 Å². The summed E-state index contributed by atoms with van der Waals surface area (Å²) in [6.45, 7) is 0. The number of thiazole rings is 1. The molecule has 0 N–H and O–H groups in total. The van der Waals surface area contributed by atoms with Crippen LogP contribution in [0.25, 0.3) is 10.2 Å². The van der Waals surface area contributed by atoms with E-state index in [9.17, 15) is 9.18 Å². The standard InChI is InChI=1S/C15H11FN2OS/c1-18-13-11(16)8-5-9-12(13)20-15(18)17-14(19)10-6-3-2-4-7-10/h2-9H,1H3. The highest BCUT2D eigenvalue weighted by Crippen LogP contribution is 2.19. The number of hydrogen-bond donors (Lipinski definition) is 0. The second-order valence-electron chi connectivity index (χ2n) is 4.31. The second-order valence-corrected chi connectivity index (χ2v) is 5.32. The molecule has 0 saturated carbocycles. The van der Waals surface area contributed by atoms with Crippen LogP contribution in [0.4, 0.5) is 4.39 Å². The molecule has 1 amide bonds. The molecular weight excluding hydrogens is 275 g/mol. The smallest absolute Gasteiger partial charge is 0.279 e. The summed E-state index contributed by atoms with van der Waals surface area (Å²) in [6, 6.07) is 13.7. The van der Waals surface area contributed by atoms with E-state index in [1.54, 1.807) is 41.9 Å². The van der Waals surface area contributed by atoms with Crippen molar-refractivity contribution in [2.24, 2.45) is 12.0 Å². The largest absolute Gasteiger partial charge is 0.317 e. The minimum Gasteiger partial charge on any atom is -0.317 e. The van der Waals surface area contributed by atoms with Crippen LogP contribution in [-0.4, -0.2) is 10.5 Å². The number of fused-ring (bicyclic) bond motifs is 1. The lowest BCUT2D eigenvalue weighted by Gasteiger charge is -1.96. The zero-order valence-electron chi connectivity index (χ0n) is 10.7. The Morgan fingerprint density at radius 3 is 2.60 bits per heavy atom. The van der Waals surface area contributed by atoms with E-state index < -0.39 is 0 Å². The van der Waals surface area contributed by atoms with E-state index >= 15 is 0 Å². The molecule has 100 valence electrons. The SMILES string of the molecule is Cn1c(=NC(=O)c2ccccc2)sc2cccc(F)c21. The summed E-state index contributed by atoms with van der Waals surface area (Å²) in [5.41, 5.74) is 0.988. The highest BCUT2D eigenvalue weighted by molar-refractivity contribution is 7.16. The Kier molecular flexibility index (Phi) is 3.20. The van der Waals surface area contributed by atoms with Crippen LogP contribution >= 0.6 is 11.3 Å². The maximum atomic E-state index is 13.8. The molecule has 0 saturated heterocycles. The van der Waals surface area contributed by atoms with Crippen molar-refractivity contribution in [3.63, 3.8) is 0 Å². The lowest BCUT2D eigenvalue weighted by molar-refractivity contribution is 0.0998. The highest BCUT2D eigenvalue weighted by atomic mass is 32.1. The second kappa shape index (κ2) is 5.02. The Labute approximate surface area is 118 Å². The first-order valence-electron chi connectivity index (χ1n) is 6.05. The maximum absolute atomic E-state index is 13.8. The first-order chi connectivity index (χ1) is 9.66. The average molecular weight is 286 g/mol. The van der Waals surface area contributed by atoms with E-state index in [2.05, 4.69) is 4.99 Å². The summed E-state index contributed by atoms with van der Waals surface area (Å²) in [6.07, 6.45) is 0. The number of halogens is 1. The van der Waals surface area contributed by atoms with Crippen molar-refractivity contribution in [1.29, 1.82) is 0 Å². The van der Waals surface area contributed by atoms with E-state index in [0.717, 1.165) is 4.70 Å². The van der Waals surface area contributed by atoms with Gasteiger partial charge in [-0.05, 0) is 24.3 Å². The van der Waals surface area contributed by atoms with Crippen molar-refractivity contribution in [3.8, 4) is 0 Å². The summed E-state index contributed by atoms with van der Waals surface area (Å²) in [7, 11) is 1.71. The topological polar surface area (TPSA) is 34.4 Å². The van der Waals surface area contributed by atoms with Crippen molar-refractivity contribution >= 4 is 27.5 Å². The molecular formula is C15H11FN2OS. The van der Waals surface area contributed by atoms with Gasteiger partial charge < -0.3 is 4.57 Å². The molecule has 2 aromatic carbocycles. The van der Waals surface area contributed by atoms with Crippen molar-refractivity contribution < 1.29 is 9.18 Å². The number of carbonyl (C=O) groups excluding carboxylic acids is 1. The summed E-state index contributed by atoms with van der Waals surface area (Å²) in [5, 5.41) is 0. The van der Waals surface area contributed by atoms with E-state index in [0.29, 0.717) is 15.9 Å². The summed E-state index contributed by atoms with van der Waals surface area (Å²) in [4.78, 5) is 16.6. The number of hydrogen-bond acceptors (Lipinski definition) is 2. The van der Waals surface area contributed by atoms with Gasteiger partial charge in [0.1, 0.15) is 5.82 Å². The molecule has 0 aliphatic heterocycles. The Hall–Kier alpha value is -2.27. The van der Waals surface area contributed by atoms with Gasteiger partial charge in [-0.1, -0.05) is 35.6 Å². The molecule has 3 rings (SSSR count). The fourth-order valence-electron chi connectivity index (χ4n) is 2.00. The van der Waals surface area contributed by atoms with Gasteiger partial charge in [-0.2, -0.15) is 4.99 Å². The Balaban J connectivity index is 2.16. The number of benzene rings is 2. The fraction of sp³-hybridized carbons (Fsp3) is 0.0667. The van der Waals surface area contributed by atoms with Crippen LogP contribution in [0.5, 0.6) is 0 Å². The van der Waals surface area contributed by atoms with Crippen LogP contribution in [-0.2, 0) is 7.05 Å². The fourth-order valence-corrected chi connectivity index (χ4v) is 3.03. The van der Waals surface area contributed by atoms with Crippen LogP contribution in [0, 0.1) is 5.82 Å². The van der Waals surface area contributed by atoms with Gasteiger partial charge in [0.05, 0.1) is 10.2 Å². The molecule has 5 heteroatoms. The van der Waals surface area contributed by atoms with Crippen LogP contribution < -0.4 is 4.80 Å². The number of aryl methyl sites for hydroxylation is 1. The number of amides is 1. The van der Waals surface area contributed by atoms with E-state index in [1.165, 1.54) is 17.4 Å². The zero-order valence-corrected chi connectivity index (χ0v) is 11.5. The lowest BCUT2D eigenvalue weighted by Crippen LogP contribution is -2.13. The minimum absolute atomic E-state index is 0.310. The van der Waals surface area contributed by atoms with Crippen molar-refractivity contribution in [2.45, 2.75) is 0 Å². The summed E-state index contributed by atoms with van der Waals surface area (Å²) < 4.78 is 16.2. The number of nitrogens with zero attached hydrogens (tertiary/aromatic N) is 2. The van der Waals surface area contributed by atoms with Crippen molar-refractivity contribution in [3.05, 3.63) is 64.7 Å². The first-order valence-corrected chi connectivity index (χ1v) is 6.86. The Morgan fingerprint density at radius 2 is 1.90 bits per heavy atom. The summed E-state index contributed by atoms with van der Waals surface area (Å²) in [5.74, 6) is -0.636. The van der Waals surface area contributed by atoms with Gasteiger partial charge in [0.25, 0.3) is 5.91 Å². The number of para-hydroxylation sites is 1. The highest BCUT2D eigenvalue weighted by Gasteiger charge is 2.09. The van der Waals surface area contributed by atoms with Gasteiger partial charge in [0.15, 0.2) is 4.80 Å². The maximum Gasteiger partial charge on any atom is 0.279 e. The predicted molar refractivity (Wildman–Crippen MR) is 77.1 cm³/mol. The number of rotatable bonds is 1. The van der Waals surface area contributed by atoms with Gasteiger partial charge in [-0.25, -0.2) is 4.39 Å². The van der Waals surface area contributed by atoms with Gasteiger partial charge in [-0.3, -0.25) is 4.79 Å². The third-order valence-corrected chi connectivity index (χ3v) is 4.09. The predicted octanol–water partition coefficient (Wildman–Crippen LogP) is 3.12. The number of aromatic nitrogens is 1. The van der Waals surface area contributed by atoms with Crippen LogP contribution in [0.3, 0.4) is 0 Å². The molecule has 0 radical (unpaired) electrons. The quantitative estimate of drug-likeness (QED) is 0.677. The van der Waals surface area contributed by atoms with E-state index in [1.807, 2.05) is 12.1 Å². The molecule has 1 aromatic heterocycles. The molecule has 0 unspecified atom stereocenters. The first kappa shape index (κ1) is 12.7. The minimum atomic E-state index is -0.326. The molecule has 0 spiro atoms. The average Bonchev–Trinajstić information content (AvgIpc) is 2.78. The van der Waals surface area contributed by atoms with E-state index in [-0.39, 0.29) is 11.7 Å². The third-order valence-electron chi connectivity index (χ3n) is 2.99. The normalized spacial score (nSPS) is 12.0. The molecule has 0 bridgehead atoms. The third kappa shape index (κ3) is 2.16. The summed E-state index contributed by atoms with van der Waals surface area (Å²) >= 11 is 1.30. The molecule has 3 aromatic rings. The van der Waals surface area contributed by atoms with Crippen LogP contribution in [0.2, 0.25) is 0 Å². The molecule has 0 fully saturated rings. The Bertz CT molecular complexity index is 849. The van der Waals surface area contributed by atoms with E-state index in [4.69, 9.17) is 0 Å². The zero-order chi connectivity index (χ0) is 14.1. The molecule has 20 heavy (non-hydrogen) atoms. The van der Waals surface area contributed by atoms with Crippen molar-refractivity contribution in [1.82, 2.24) is 4.57 Å². The lowest BCUT2D eigenvalue weighted by atomic mass is 10.2. The Morgan fingerprint density at radius 1 is 1.15 bits per heavy atom. The molecule has 3 nitrogen and oxygen atoms in total. The monoisotopic (exact) mass is 286 g/mol. The molecule has 0 aliphatic carbocycles. The molecule has 0 aliphatic rings. The molecule has 1 heterocycles.